The van der Waals surface area contributed by atoms with Crippen molar-refractivity contribution in [2.24, 2.45) is 0 Å². The summed E-state index contributed by atoms with van der Waals surface area (Å²) in [6.07, 6.45) is 1.74. The van der Waals surface area contributed by atoms with Crippen molar-refractivity contribution in [3.8, 4) is 11.5 Å². The van der Waals surface area contributed by atoms with E-state index in [1.54, 1.807) is 0 Å². The highest BCUT2D eigenvalue weighted by molar-refractivity contribution is 5.83. The molecule has 0 unspecified atom stereocenters. The number of rotatable bonds is 5. The molecule has 4 aromatic rings. The number of nitrogens with one attached hydrogen (secondary N) is 1. The summed E-state index contributed by atoms with van der Waals surface area (Å²) >= 11 is 0. The van der Waals surface area contributed by atoms with Crippen molar-refractivity contribution < 1.29 is 9.47 Å². The van der Waals surface area contributed by atoms with Gasteiger partial charge < -0.3 is 14.5 Å². The number of ether oxygens (including phenoxy) is 2. The molecule has 0 spiro atoms. The minimum absolute atomic E-state index is 0.163. The van der Waals surface area contributed by atoms with Crippen molar-refractivity contribution >= 4 is 10.9 Å². The second-order valence-corrected chi connectivity index (χ2v) is 9.85. The Balaban J connectivity index is 1.53. The van der Waals surface area contributed by atoms with Crippen LogP contribution in [0.2, 0.25) is 0 Å². The van der Waals surface area contributed by atoms with Crippen LogP contribution in [0.3, 0.4) is 0 Å². The number of tetrazole rings is 1. The van der Waals surface area contributed by atoms with Crippen LogP contribution in [0, 0.1) is 0 Å². The molecule has 0 amide bonds. The van der Waals surface area contributed by atoms with Gasteiger partial charge >= 0.3 is 0 Å². The first kappa shape index (κ1) is 21.8. The van der Waals surface area contributed by atoms with Gasteiger partial charge in [-0.15, -0.1) is 5.10 Å². The first-order valence-corrected chi connectivity index (χ1v) is 12.0. The van der Waals surface area contributed by atoms with Gasteiger partial charge in [-0.2, -0.15) is 0 Å². The normalized spacial score (nSPS) is 16.4. The van der Waals surface area contributed by atoms with Gasteiger partial charge in [0.15, 0.2) is 17.3 Å². The summed E-state index contributed by atoms with van der Waals surface area (Å²) in [7, 11) is 0. The molecule has 2 aliphatic rings. The van der Waals surface area contributed by atoms with E-state index in [2.05, 4.69) is 70.4 Å². The Labute approximate surface area is 202 Å². The largest absolute Gasteiger partial charge is 0.454 e. The molecule has 0 saturated carbocycles. The highest BCUT2D eigenvalue weighted by Gasteiger charge is 2.35. The van der Waals surface area contributed by atoms with E-state index in [1.165, 1.54) is 11.1 Å². The first-order chi connectivity index (χ1) is 16.9. The zero-order valence-corrected chi connectivity index (χ0v) is 20.1. The number of fused-ring (bicyclic) bond motifs is 3. The average Bonchev–Trinajstić information content (AvgIpc) is 3.53. The lowest BCUT2D eigenvalue weighted by atomic mass is 9.95. The number of pyridine rings is 1. The van der Waals surface area contributed by atoms with Crippen molar-refractivity contribution in [1.29, 1.82) is 0 Å². The molecule has 0 aliphatic carbocycles. The Bertz CT molecular complexity index is 1470. The van der Waals surface area contributed by atoms with Crippen LogP contribution >= 0.6 is 0 Å². The number of aromatic nitrogens is 5. The Kier molecular flexibility index (Phi) is 5.10. The van der Waals surface area contributed by atoms with Crippen LogP contribution < -0.4 is 15.0 Å². The van der Waals surface area contributed by atoms with Gasteiger partial charge in [0.05, 0.1) is 11.1 Å². The van der Waals surface area contributed by atoms with Gasteiger partial charge in [0.25, 0.3) is 5.56 Å². The number of hydrogen-bond donors (Lipinski definition) is 1. The van der Waals surface area contributed by atoms with E-state index in [4.69, 9.17) is 9.47 Å². The molecule has 35 heavy (non-hydrogen) atoms. The topological polar surface area (TPSA) is 98.2 Å². The van der Waals surface area contributed by atoms with Crippen molar-refractivity contribution in [3.63, 3.8) is 0 Å². The van der Waals surface area contributed by atoms with Crippen molar-refractivity contribution in [2.75, 3.05) is 13.3 Å². The predicted octanol–water partition coefficient (Wildman–Crippen LogP) is 3.54. The van der Waals surface area contributed by atoms with Gasteiger partial charge in [0, 0.05) is 30.1 Å². The average molecular weight is 473 g/mol. The van der Waals surface area contributed by atoms with E-state index >= 15 is 0 Å². The van der Waals surface area contributed by atoms with Crippen LogP contribution in [0.25, 0.3) is 10.9 Å². The summed E-state index contributed by atoms with van der Waals surface area (Å²) in [6, 6.07) is 13.7. The lowest BCUT2D eigenvalue weighted by Gasteiger charge is -2.36. The van der Waals surface area contributed by atoms with Crippen LogP contribution in [0.4, 0.5) is 0 Å². The highest BCUT2D eigenvalue weighted by atomic mass is 16.7. The van der Waals surface area contributed by atoms with Crippen LogP contribution in [0.1, 0.15) is 55.7 Å². The zero-order chi connectivity index (χ0) is 24.2. The van der Waals surface area contributed by atoms with Gasteiger partial charge in [-0.3, -0.25) is 9.69 Å². The highest BCUT2D eigenvalue weighted by Crippen LogP contribution is 2.37. The summed E-state index contributed by atoms with van der Waals surface area (Å²) in [6.45, 7) is 8.02. The summed E-state index contributed by atoms with van der Waals surface area (Å²) in [5.74, 6) is 1.98. The maximum absolute atomic E-state index is 13.6. The monoisotopic (exact) mass is 472 g/mol. The first-order valence-electron chi connectivity index (χ1n) is 12.0. The molecule has 0 bridgehead atoms. The second-order valence-electron chi connectivity index (χ2n) is 9.85. The van der Waals surface area contributed by atoms with Gasteiger partial charge in [0.1, 0.15) is 6.04 Å². The lowest BCUT2D eigenvalue weighted by Crippen LogP contribution is -2.40. The molecular weight excluding hydrogens is 444 g/mol. The molecule has 9 nitrogen and oxygen atoms in total. The van der Waals surface area contributed by atoms with E-state index in [-0.39, 0.29) is 17.9 Å². The molecule has 2 aromatic carbocycles. The number of hydrogen-bond acceptors (Lipinski definition) is 7. The van der Waals surface area contributed by atoms with Crippen LogP contribution in [-0.4, -0.2) is 43.4 Å². The van der Waals surface area contributed by atoms with E-state index < -0.39 is 6.04 Å². The van der Waals surface area contributed by atoms with E-state index in [9.17, 15) is 4.79 Å². The smallest absolute Gasteiger partial charge is 0.253 e. The fraction of sp³-hybridized carbons (Fsp3) is 0.385. The van der Waals surface area contributed by atoms with Gasteiger partial charge in [-0.25, -0.2) is 4.68 Å². The number of aromatic amines is 1. The standard InChI is InChI=1S/C26H28N6O3/c1-4-26(2,3)32-24(28-29-30-32)23(31-10-9-16-7-5-6-8-17(16)14-31)19-11-18-12-21-22(35-15-34-21)13-20(18)27-25(19)33/h5-8,11-13,23H,4,9-10,14-15H2,1-3H3,(H,27,33)/t23-/m1/s1. The maximum atomic E-state index is 13.6. The van der Waals surface area contributed by atoms with Crippen molar-refractivity contribution in [1.82, 2.24) is 30.1 Å². The fourth-order valence-corrected chi connectivity index (χ4v) is 5.00. The molecular formula is C26H28N6O3. The number of H-pyrrole nitrogens is 1. The molecule has 1 N–H and O–H groups in total. The Hall–Kier alpha value is -3.72. The van der Waals surface area contributed by atoms with Crippen LogP contribution in [0.15, 0.2) is 47.3 Å². The SMILES string of the molecule is CCC(C)(C)n1nnnc1[C@@H](c1cc2cc3c(cc2[nH]c1=O)OCO3)N1CCc2ccccc2C1. The molecule has 0 fully saturated rings. The third-order valence-corrected chi connectivity index (χ3v) is 7.36. The number of nitrogens with zero attached hydrogens (tertiary/aromatic N) is 5. The summed E-state index contributed by atoms with van der Waals surface area (Å²) in [5.41, 5.74) is 3.46. The number of benzene rings is 2. The van der Waals surface area contributed by atoms with Gasteiger partial charge in [-0.1, -0.05) is 31.2 Å². The predicted molar refractivity (Wildman–Crippen MR) is 131 cm³/mol. The third-order valence-electron chi connectivity index (χ3n) is 7.36. The van der Waals surface area contributed by atoms with Gasteiger partial charge in [-0.05, 0) is 60.4 Å². The van der Waals surface area contributed by atoms with E-state index in [0.717, 1.165) is 24.8 Å². The maximum Gasteiger partial charge on any atom is 0.253 e. The van der Waals surface area contributed by atoms with Crippen molar-refractivity contribution in [2.45, 2.75) is 51.7 Å². The van der Waals surface area contributed by atoms with E-state index in [1.807, 2.05) is 22.9 Å². The molecule has 180 valence electrons. The van der Waals surface area contributed by atoms with Crippen LogP contribution in [0.5, 0.6) is 11.5 Å². The zero-order valence-electron chi connectivity index (χ0n) is 20.1. The Morgan fingerprint density at radius 1 is 1.11 bits per heavy atom. The lowest BCUT2D eigenvalue weighted by molar-refractivity contribution is 0.174. The summed E-state index contributed by atoms with van der Waals surface area (Å²) in [4.78, 5) is 18.9. The minimum Gasteiger partial charge on any atom is -0.454 e. The van der Waals surface area contributed by atoms with Gasteiger partial charge in [0.2, 0.25) is 6.79 Å². The Morgan fingerprint density at radius 3 is 2.69 bits per heavy atom. The van der Waals surface area contributed by atoms with Crippen molar-refractivity contribution in [3.05, 3.63) is 75.3 Å². The summed E-state index contributed by atoms with van der Waals surface area (Å²) in [5, 5.41) is 13.8. The molecule has 2 aliphatic heterocycles. The molecule has 9 heteroatoms. The quantitative estimate of drug-likeness (QED) is 0.474. The molecule has 6 rings (SSSR count). The fourth-order valence-electron chi connectivity index (χ4n) is 5.00. The Morgan fingerprint density at radius 2 is 1.89 bits per heavy atom. The summed E-state index contributed by atoms with van der Waals surface area (Å²) < 4.78 is 13.0. The molecule has 0 radical (unpaired) electrons. The minimum atomic E-state index is -0.414. The molecule has 2 aromatic heterocycles. The molecule has 1 atom stereocenters. The van der Waals surface area contributed by atoms with Crippen LogP contribution in [-0.2, 0) is 18.5 Å². The van der Waals surface area contributed by atoms with E-state index in [0.29, 0.717) is 34.9 Å². The molecule has 0 saturated heterocycles. The molecule has 4 heterocycles. The third kappa shape index (κ3) is 3.67. The second kappa shape index (κ2) is 8.20.